The van der Waals surface area contributed by atoms with E-state index >= 15 is 0 Å². The number of hydrogen-bond donors (Lipinski definition) is 1. The molecule has 0 atom stereocenters. The molecule has 2 heterocycles. The van der Waals surface area contributed by atoms with E-state index in [0.717, 1.165) is 63.9 Å². The lowest BCUT2D eigenvalue weighted by atomic mass is 10.3. The van der Waals surface area contributed by atoms with E-state index in [1.54, 1.807) is 25.3 Å². The normalized spacial score (nSPS) is 15.0. The molecule has 1 aromatic heterocycles. The number of likely N-dealkylation sites (N-methyl/N-ethyl adjacent to an activating group) is 1. The Balaban J connectivity index is 1.50. The average Bonchev–Trinajstić information content (AvgIpc) is 3.32. The highest BCUT2D eigenvalue weighted by atomic mass is 16.5. The summed E-state index contributed by atoms with van der Waals surface area (Å²) < 4.78 is 4.93. The molecule has 0 aliphatic carbocycles. The van der Waals surface area contributed by atoms with Gasteiger partial charge >= 0.3 is 0 Å². The fraction of sp³-hybridized carbons (Fsp3) is 0.522. The number of guanidine groups is 1. The molecule has 1 fully saturated rings. The van der Waals surface area contributed by atoms with Gasteiger partial charge in [0.1, 0.15) is 12.8 Å². The molecule has 0 unspecified atom stereocenters. The molecule has 1 aromatic carbocycles. The highest BCUT2D eigenvalue weighted by Crippen LogP contribution is 2.11. The maximum atomic E-state index is 12.1. The predicted octanol–water partition coefficient (Wildman–Crippen LogP) is 1.35. The van der Waals surface area contributed by atoms with Crippen LogP contribution in [0.4, 0.5) is 5.69 Å². The Kier molecular flexibility index (Phi) is 8.91. The summed E-state index contributed by atoms with van der Waals surface area (Å²) in [4.78, 5) is 25.1. The zero-order valence-corrected chi connectivity index (χ0v) is 19.4. The number of anilines is 1. The van der Waals surface area contributed by atoms with E-state index in [4.69, 9.17) is 4.52 Å². The molecular weight excluding hydrogens is 406 g/mol. The van der Waals surface area contributed by atoms with E-state index in [0.29, 0.717) is 0 Å². The number of rotatable bonds is 9. The second kappa shape index (κ2) is 12.1. The first-order chi connectivity index (χ1) is 15.5. The third-order valence-corrected chi connectivity index (χ3v) is 5.56. The molecule has 9 nitrogen and oxygen atoms in total. The van der Waals surface area contributed by atoms with Gasteiger partial charge in [-0.05, 0) is 18.6 Å². The molecular formula is C23H35N7O2. The van der Waals surface area contributed by atoms with E-state index in [1.807, 2.05) is 12.1 Å². The highest BCUT2D eigenvalue weighted by Gasteiger charge is 2.21. The first-order valence-corrected chi connectivity index (χ1v) is 11.1. The number of amides is 1. The van der Waals surface area contributed by atoms with Crippen molar-refractivity contribution in [3.63, 3.8) is 0 Å². The largest absolute Gasteiger partial charge is 0.375 e. The highest BCUT2D eigenvalue weighted by molar-refractivity contribution is 5.84. The van der Waals surface area contributed by atoms with Crippen LogP contribution in [0, 0.1) is 0 Å². The van der Waals surface area contributed by atoms with Gasteiger partial charge in [0, 0.05) is 78.7 Å². The minimum Gasteiger partial charge on any atom is -0.375 e. The molecule has 1 saturated heterocycles. The number of nitrogens with zero attached hydrogens (tertiary/aromatic N) is 6. The van der Waals surface area contributed by atoms with Gasteiger partial charge in [0.2, 0.25) is 5.91 Å². The van der Waals surface area contributed by atoms with Crippen molar-refractivity contribution >= 4 is 17.6 Å². The smallest absolute Gasteiger partial charge is 0.243 e. The Morgan fingerprint density at radius 1 is 1.12 bits per heavy atom. The van der Waals surface area contributed by atoms with Gasteiger partial charge in [0.05, 0.1) is 5.69 Å². The molecule has 0 radical (unpaired) electrons. The van der Waals surface area contributed by atoms with E-state index < -0.39 is 0 Å². The minimum atomic E-state index is -0.00206. The average molecular weight is 442 g/mol. The van der Waals surface area contributed by atoms with Crippen molar-refractivity contribution in [1.82, 2.24) is 25.2 Å². The van der Waals surface area contributed by atoms with Crippen molar-refractivity contribution < 1.29 is 9.32 Å². The SMILES string of the molecule is CN(C)C(=O)CN=C(NCCCN(C)c1ccccc1)N1CCN(Cc2ccon2)CC1. The molecule has 174 valence electrons. The number of benzene rings is 1. The molecule has 3 rings (SSSR count). The van der Waals surface area contributed by atoms with Gasteiger partial charge in [-0.1, -0.05) is 23.4 Å². The molecule has 32 heavy (non-hydrogen) atoms. The summed E-state index contributed by atoms with van der Waals surface area (Å²) in [6.45, 7) is 6.19. The second-order valence-electron chi connectivity index (χ2n) is 8.22. The van der Waals surface area contributed by atoms with Crippen LogP contribution >= 0.6 is 0 Å². The number of piperazine rings is 1. The van der Waals surface area contributed by atoms with Crippen molar-refractivity contribution in [1.29, 1.82) is 0 Å². The summed E-state index contributed by atoms with van der Waals surface area (Å²) in [7, 11) is 5.62. The fourth-order valence-electron chi connectivity index (χ4n) is 3.55. The number of carbonyl (C=O) groups excluding carboxylic acids is 1. The minimum absolute atomic E-state index is 0.00206. The van der Waals surface area contributed by atoms with Crippen LogP contribution in [-0.4, -0.2) is 98.7 Å². The molecule has 0 spiro atoms. The van der Waals surface area contributed by atoms with Crippen LogP contribution in [0.2, 0.25) is 0 Å². The fourth-order valence-corrected chi connectivity index (χ4v) is 3.55. The quantitative estimate of drug-likeness (QED) is 0.357. The number of aliphatic imine (C=N–C) groups is 1. The Hall–Kier alpha value is -3.07. The number of nitrogens with one attached hydrogen (secondary N) is 1. The van der Waals surface area contributed by atoms with Crippen molar-refractivity contribution in [3.8, 4) is 0 Å². The van der Waals surface area contributed by atoms with Crippen LogP contribution in [-0.2, 0) is 11.3 Å². The first-order valence-electron chi connectivity index (χ1n) is 11.1. The molecule has 0 saturated carbocycles. The van der Waals surface area contributed by atoms with Crippen LogP contribution in [0.15, 0.2) is 52.2 Å². The topological polar surface area (TPSA) is 80.5 Å². The Morgan fingerprint density at radius 2 is 1.88 bits per heavy atom. The summed E-state index contributed by atoms with van der Waals surface area (Å²) in [6.07, 6.45) is 2.58. The van der Waals surface area contributed by atoms with Crippen molar-refractivity contribution in [3.05, 3.63) is 48.4 Å². The van der Waals surface area contributed by atoms with E-state index in [1.165, 1.54) is 5.69 Å². The zero-order valence-electron chi connectivity index (χ0n) is 19.4. The van der Waals surface area contributed by atoms with Crippen molar-refractivity contribution in [2.75, 3.05) is 71.9 Å². The predicted molar refractivity (Wildman–Crippen MR) is 127 cm³/mol. The summed E-state index contributed by atoms with van der Waals surface area (Å²) in [5.41, 5.74) is 2.16. The monoisotopic (exact) mass is 441 g/mol. The van der Waals surface area contributed by atoms with Crippen molar-refractivity contribution in [2.24, 2.45) is 4.99 Å². The maximum absolute atomic E-state index is 12.1. The summed E-state index contributed by atoms with van der Waals surface area (Å²) >= 11 is 0. The Morgan fingerprint density at radius 3 is 2.53 bits per heavy atom. The molecule has 1 N–H and O–H groups in total. The number of para-hydroxylation sites is 1. The van der Waals surface area contributed by atoms with Crippen LogP contribution in [0.5, 0.6) is 0 Å². The third kappa shape index (κ3) is 7.26. The van der Waals surface area contributed by atoms with Gasteiger partial charge < -0.3 is 24.5 Å². The van der Waals surface area contributed by atoms with E-state index in [2.05, 4.69) is 61.5 Å². The van der Waals surface area contributed by atoms with Crippen LogP contribution < -0.4 is 10.2 Å². The number of carbonyl (C=O) groups is 1. The first kappa shape index (κ1) is 23.6. The molecule has 2 aromatic rings. The molecule has 0 bridgehead atoms. The molecule has 1 amide bonds. The van der Waals surface area contributed by atoms with Gasteiger partial charge in [0.25, 0.3) is 0 Å². The summed E-state index contributed by atoms with van der Waals surface area (Å²) in [6, 6.07) is 12.3. The van der Waals surface area contributed by atoms with E-state index in [9.17, 15) is 4.79 Å². The molecule has 9 heteroatoms. The van der Waals surface area contributed by atoms with Crippen LogP contribution in [0.3, 0.4) is 0 Å². The summed E-state index contributed by atoms with van der Waals surface area (Å²) in [5.74, 6) is 0.807. The molecule has 1 aliphatic heterocycles. The van der Waals surface area contributed by atoms with Gasteiger partial charge in [0.15, 0.2) is 5.96 Å². The van der Waals surface area contributed by atoms with Gasteiger partial charge in [-0.15, -0.1) is 0 Å². The van der Waals surface area contributed by atoms with Crippen LogP contribution in [0.1, 0.15) is 12.1 Å². The zero-order chi connectivity index (χ0) is 22.8. The van der Waals surface area contributed by atoms with Crippen molar-refractivity contribution in [2.45, 2.75) is 13.0 Å². The molecule has 1 aliphatic rings. The summed E-state index contributed by atoms with van der Waals surface area (Å²) in [5, 5.41) is 7.49. The Bertz CT molecular complexity index is 831. The lowest BCUT2D eigenvalue weighted by Gasteiger charge is -2.36. The second-order valence-corrected chi connectivity index (χ2v) is 8.22. The lowest BCUT2D eigenvalue weighted by Crippen LogP contribution is -2.52. The van der Waals surface area contributed by atoms with Gasteiger partial charge in [-0.3, -0.25) is 9.69 Å². The lowest BCUT2D eigenvalue weighted by molar-refractivity contribution is -0.127. The van der Waals surface area contributed by atoms with E-state index in [-0.39, 0.29) is 12.5 Å². The van der Waals surface area contributed by atoms with Crippen LogP contribution in [0.25, 0.3) is 0 Å². The van der Waals surface area contributed by atoms with Gasteiger partial charge in [-0.2, -0.15) is 0 Å². The number of aromatic nitrogens is 1. The van der Waals surface area contributed by atoms with Gasteiger partial charge in [-0.25, -0.2) is 4.99 Å². The maximum Gasteiger partial charge on any atom is 0.243 e. The third-order valence-electron chi connectivity index (χ3n) is 5.56. The Labute approximate surface area is 190 Å². The standard InChI is InChI=1S/C23H35N7O2/c1-27(2)22(31)18-25-23(24-11-7-12-28(3)21-8-5-4-6-9-21)30-15-13-29(14-16-30)19-20-10-17-32-26-20/h4-6,8-10,17H,7,11-16,18-19H2,1-3H3,(H,24,25). The number of hydrogen-bond acceptors (Lipinski definition) is 6.